The van der Waals surface area contributed by atoms with Crippen LogP contribution < -0.4 is 5.32 Å². The Balaban J connectivity index is 2.49. The summed E-state index contributed by atoms with van der Waals surface area (Å²) in [6.45, 7) is 6.19. The summed E-state index contributed by atoms with van der Waals surface area (Å²) in [5.41, 5.74) is 0. The molecule has 0 aliphatic carbocycles. The minimum absolute atomic E-state index is 0.0729. The first kappa shape index (κ1) is 64.2. The molecular weight excluding hydrogens is 859 g/mol. The molecule has 68 heavy (non-hydrogen) atoms. The number of hydrogen-bond donors (Lipinski definition) is 4. The molecule has 1 fully saturated rings. The van der Waals surface area contributed by atoms with E-state index in [0.29, 0.717) is 12.8 Å². The lowest BCUT2D eigenvalue weighted by Gasteiger charge is -2.40. The van der Waals surface area contributed by atoms with Gasteiger partial charge in [0.15, 0.2) is 12.4 Å². The predicted molar refractivity (Wildman–Crippen MR) is 277 cm³/mol. The maximum absolute atomic E-state index is 13.0. The van der Waals surface area contributed by atoms with Gasteiger partial charge in [0.2, 0.25) is 5.91 Å². The van der Waals surface area contributed by atoms with Crippen LogP contribution in [-0.2, 0) is 33.3 Å². The van der Waals surface area contributed by atoms with Crippen molar-refractivity contribution in [1.82, 2.24) is 5.32 Å². The van der Waals surface area contributed by atoms with Gasteiger partial charge in [-0.15, -0.1) is 0 Å². The Bertz CT molecular complexity index is 1140. The van der Waals surface area contributed by atoms with Crippen LogP contribution in [0, 0.1) is 0 Å². The summed E-state index contributed by atoms with van der Waals surface area (Å²) in [7, 11) is 0. The Kier molecular flexibility index (Phi) is 44.9. The normalized spacial score (nSPS) is 18.7. The van der Waals surface area contributed by atoms with Crippen LogP contribution in [0.4, 0.5) is 0 Å². The number of amides is 1. The molecule has 1 amide bonds. The maximum atomic E-state index is 13.0. The van der Waals surface area contributed by atoms with Gasteiger partial charge in [-0.2, -0.15) is 0 Å². The average Bonchev–Trinajstić information content (AvgIpc) is 3.33. The number of aliphatic hydroxyl groups excluding tert-OH is 3. The number of hydrogen-bond acceptors (Lipinski definition) is 10. The third-order valence-corrected chi connectivity index (χ3v) is 13.8. The Hall–Kier alpha value is -1.79. The van der Waals surface area contributed by atoms with Crippen LogP contribution in [-0.4, -0.2) is 89.7 Å². The molecule has 1 saturated heterocycles. The number of rotatable bonds is 50. The molecule has 1 rings (SSSR count). The monoisotopic (exact) mass is 968 g/mol. The van der Waals surface area contributed by atoms with Gasteiger partial charge in [-0.05, 0) is 19.3 Å². The molecule has 0 saturated carbocycles. The van der Waals surface area contributed by atoms with Crippen molar-refractivity contribution in [2.45, 2.75) is 327 Å². The fraction of sp³-hybridized carbons (Fsp3) is 0.947. The SMILES string of the molecule is CCCCCCCCCCCCCCCCCC(=O)NCC1OC(OCC(COC(=O)CCCCCCCCCCCCCCC)OC(=O)CCCCCCCCCCCCC)C(O)C(O)C1O. The van der Waals surface area contributed by atoms with Crippen LogP contribution in [0.1, 0.15) is 290 Å². The largest absolute Gasteiger partial charge is 0.462 e. The van der Waals surface area contributed by atoms with Crippen LogP contribution in [0.2, 0.25) is 0 Å². The van der Waals surface area contributed by atoms with Crippen molar-refractivity contribution in [2.75, 3.05) is 19.8 Å². The highest BCUT2D eigenvalue weighted by molar-refractivity contribution is 5.75. The van der Waals surface area contributed by atoms with Crippen molar-refractivity contribution in [3.63, 3.8) is 0 Å². The fourth-order valence-corrected chi connectivity index (χ4v) is 9.22. The first-order chi connectivity index (χ1) is 33.2. The Morgan fingerprint density at radius 3 is 1.15 bits per heavy atom. The maximum Gasteiger partial charge on any atom is 0.306 e. The minimum Gasteiger partial charge on any atom is -0.462 e. The first-order valence-corrected chi connectivity index (χ1v) is 29.2. The van der Waals surface area contributed by atoms with Gasteiger partial charge in [0.25, 0.3) is 0 Å². The molecule has 0 aromatic heterocycles. The molecule has 11 nitrogen and oxygen atoms in total. The Morgan fingerprint density at radius 1 is 0.426 bits per heavy atom. The minimum atomic E-state index is -1.59. The lowest BCUT2D eigenvalue weighted by Crippen LogP contribution is -2.60. The molecule has 0 spiro atoms. The summed E-state index contributed by atoms with van der Waals surface area (Å²) in [6, 6.07) is 0. The molecule has 1 heterocycles. The second kappa shape index (κ2) is 47.5. The van der Waals surface area contributed by atoms with Gasteiger partial charge >= 0.3 is 11.9 Å². The number of ether oxygens (including phenoxy) is 4. The molecular formula is C57H109NO10. The second-order valence-electron chi connectivity index (χ2n) is 20.4. The van der Waals surface area contributed by atoms with E-state index >= 15 is 0 Å². The second-order valence-corrected chi connectivity index (χ2v) is 20.4. The zero-order valence-electron chi connectivity index (χ0n) is 44.5. The summed E-state index contributed by atoms with van der Waals surface area (Å²) in [4.78, 5) is 38.5. The molecule has 0 aromatic carbocycles. The third kappa shape index (κ3) is 38.0. The van der Waals surface area contributed by atoms with Crippen molar-refractivity contribution < 1.29 is 48.7 Å². The topological polar surface area (TPSA) is 161 Å². The summed E-state index contributed by atoms with van der Waals surface area (Å²) >= 11 is 0. The molecule has 4 N–H and O–H groups in total. The van der Waals surface area contributed by atoms with E-state index in [2.05, 4.69) is 26.1 Å². The van der Waals surface area contributed by atoms with Gasteiger partial charge in [-0.1, -0.05) is 252 Å². The molecule has 1 aliphatic rings. The summed E-state index contributed by atoms with van der Waals surface area (Å²) in [6.07, 6.45) is 40.2. The predicted octanol–water partition coefficient (Wildman–Crippen LogP) is 13.8. The van der Waals surface area contributed by atoms with E-state index in [4.69, 9.17) is 18.9 Å². The molecule has 11 heteroatoms. The first-order valence-electron chi connectivity index (χ1n) is 29.2. The average molecular weight is 968 g/mol. The number of unbranched alkanes of at least 4 members (excludes halogenated alkanes) is 36. The van der Waals surface area contributed by atoms with Crippen molar-refractivity contribution in [2.24, 2.45) is 0 Å². The van der Waals surface area contributed by atoms with Crippen LogP contribution in [0.25, 0.3) is 0 Å². The van der Waals surface area contributed by atoms with E-state index in [0.717, 1.165) is 57.8 Å². The molecule has 0 aromatic rings. The molecule has 1 aliphatic heterocycles. The van der Waals surface area contributed by atoms with Crippen molar-refractivity contribution in [3.05, 3.63) is 0 Å². The Labute approximate surface area is 417 Å². The van der Waals surface area contributed by atoms with E-state index in [-0.39, 0.29) is 44.5 Å². The van der Waals surface area contributed by atoms with Crippen molar-refractivity contribution in [3.8, 4) is 0 Å². The Morgan fingerprint density at radius 2 is 0.765 bits per heavy atom. The standard InChI is InChI=1S/C57H109NO10/c1-4-7-10-13-16-19-22-24-25-27-29-31-34-37-40-43-51(59)58-46-50-54(62)55(63)56(64)57(68-50)66-48-49(67-53(61)45-42-39-36-33-28-21-18-15-12-9-6-3)47-65-52(60)44-41-38-35-32-30-26-23-20-17-14-11-8-5-2/h49-50,54-57,62-64H,4-48H2,1-3H3,(H,58,59). The van der Waals surface area contributed by atoms with Crippen LogP contribution in [0.15, 0.2) is 0 Å². The molecule has 402 valence electrons. The van der Waals surface area contributed by atoms with Gasteiger partial charge in [0, 0.05) is 25.8 Å². The lowest BCUT2D eigenvalue weighted by molar-refractivity contribution is -0.299. The molecule has 0 radical (unpaired) electrons. The van der Waals surface area contributed by atoms with Crippen LogP contribution in [0.5, 0.6) is 0 Å². The van der Waals surface area contributed by atoms with Crippen LogP contribution in [0.3, 0.4) is 0 Å². The van der Waals surface area contributed by atoms with E-state index < -0.39 is 42.8 Å². The molecule has 0 bridgehead atoms. The number of carbonyl (C=O) groups excluding carboxylic acids is 3. The highest BCUT2D eigenvalue weighted by Gasteiger charge is 2.44. The van der Waals surface area contributed by atoms with E-state index in [1.165, 1.54) is 186 Å². The van der Waals surface area contributed by atoms with Gasteiger partial charge in [-0.25, -0.2) is 0 Å². The van der Waals surface area contributed by atoms with E-state index in [9.17, 15) is 29.7 Å². The smallest absolute Gasteiger partial charge is 0.306 e. The molecule has 6 unspecified atom stereocenters. The van der Waals surface area contributed by atoms with Crippen molar-refractivity contribution in [1.29, 1.82) is 0 Å². The third-order valence-electron chi connectivity index (χ3n) is 13.8. The van der Waals surface area contributed by atoms with Gasteiger partial charge in [-0.3, -0.25) is 14.4 Å². The van der Waals surface area contributed by atoms with E-state index in [1.54, 1.807) is 0 Å². The van der Waals surface area contributed by atoms with Crippen LogP contribution >= 0.6 is 0 Å². The summed E-state index contributed by atoms with van der Waals surface area (Å²) in [5.74, 6) is -0.955. The van der Waals surface area contributed by atoms with Gasteiger partial charge in [0.05, 0.1) is 6.61 Å². The molecule has 6 atom stereocenters. The van der Waals surface area contributed by atoms with Crippen molar-refractivity contribution >= 4 is 17.8 Å². The number of nitrogens with one attached hydrogen (secondary N) is 1. The fourth-order valence-electron chi connectivity index (χ4n) is 9.22. The number of aliphatic hydroxyl groups is 3. The zero-order valence-corrected chi connectivity index (χ0v) is 44.5. The zero-order chi connectivity index (χ0) is 49.6. The highest BCUT2D eigenvalue weighted by Crippen LogP contribution is 2.23. The van der Waals surface area contributed by atoms with Gasteiger partial charge in [0.1, 0.15) is 31.0 Å². The van der Waals surface area contributed by atoms with Gasteiger partial charge < -0.3 is 39.6 Å². The lowest BCUT2D eigenvalue weighted by atomic mass is 9.98. The summed E-state index contributed by atoms with van der Waals surface area (Å²) in [5, 5.41) is 35.0. The highest BCUT2D eigenvalue weighted by atomic mass is 16.7. The van der Waals surface area contributed by atoms with E-state index in [1.807, 2.05) is 0 Å². The number of esters is 2. The number of carbonyl (C=O) groups is 3. The quantitative estimate of drug-likeness (QED) is 0.0341. The summed E-state index contributed by atoms with van der Waals surface area (Å²) < 4.78 is 23.1.